The molecule has 1 aromatic rings. The number of carbonyl (C=O) groups is 1. The van der Waals surface area contributed by atoms with Crippen LogP contribution in [0, 0.1) is 0 Å². The van der Waals surface area contributed by atoms with Crippen molar-refractivity contribution >= 4 is 17.5 Å². The molecule has 3 rings (SSSR count). The Morgan fingerprint density at radius 3 is 3.00 bits per heavy atom. The third-order valence-electron chi connectivity index (χ3n) is 3.99. The van der Waals surface area contributed by atoms with Crippen molar-refractivity contribution in [1.29, 1.82) is 0 Å². The molecule has 0 saturated carbocycles. The topological polar surface area (TPSA) is 20.3 Å². The van der Waals surface area contributed by atoms with E-state index in [-0.39, 0.29) is 17.9 Å². The summed E-state index contributed by atoms with van der Waals surface area (Å²) in [6, 6.07) is 8.50. The van der Waals surface area contributed by atoms with Gasteiger partial charge in [0.05, 0.1) is 5.92 Å². The maximum Gasteiger partial charge on any atom is 0.230 e. The van der Waals surface area contributed by atoms with Gasteiger partial charge in [0, 0.05) is 18.5 Å². The van der Waals surface area contributed by atoms with E-state index >= 15 is 0 Å². The van der Waals surface area contributed by atoms with Crippen molar-refractivity contribution in [2.24, 2.45) is 0 Å². The molecule has 1 amide bonds. The van der Waals surface area contributed by atoms with Crippen molar-refractivity contribution in [1.82, 2.24) is 4.90 Å². The molecule has 0 spiro atoms. The van der Waals surface area contributed by atoms with E-state index in [0.717, 1.165) is 25.8 Å². The number of hydrogen-bond acceptors (Lipinski definition) is 1. The van der Waals surface area contributed by atoms with E-state index in [9.17, 15) is 4.79 Å². The Hall–Kier alpha value is -1.02. The van der Waals surface area contributed by atoms with Crippen LogP contribution in [-0.4, -0.2) is 29.3 Å². The van der Waals surface area contributed by atoms with Crippen LogP contribution in [-0.2, 0) is 11.2 Å². The summed E-state index contributed by atoms with van der Waals surface area (Å²) < 4.78 is 0. The number of fused-ring (bicyclic) bond motifs is 1. The Bertz CT molecular complexity index is 446. The van der Waals surface area contributed by atoms with E-state index in [1.807, 2.05) is 17.0 Å². The lowest BCUT2D eigenvalue weighted by Gasteiger charge is -2.34. The molecule has 0 aromatic heterocycles. The van der Waals surface area contributed by atoms with Gasteiger partial charge in [-0.1, -0.05) is 24.3 Å². The van der Waals surface area contributed by atoms with Gasteiger partial charge in [-0.2, -0.15) is 0 Å². The fourth-order valence-electron chi connectivity index (χ4n) is 2.97. The lowest BCUT2D eigenvalue weighted by atomic mass is 9.77. The van der Waals surface area contributed by atoms with Crippen molar-refractivity contribution in [2.45, 2.75) is 31.2 Å². The fraction of sp³-hybridized carbons (Fsp3) is 0.500. The molecule has 0 bridgehead atoms. The molecular formula is C14H16ClNO. The zero-order chi connectivity index (χ0) is 11.8. The van der Waals surface area contributed by atoms with Gasteiger partial charge in [0.15, 0.2) is 0 Å². The lowest BCUT2D eigenvalue weighted by molar-refractivity contribution is -0.133. The molecule has 2 aliphatic rings. The average molecular weight is 250 g/mol. The molecule has 0 radical (unpaired) electrons. The van der Waals surface area contributed by atoms with E-state index in [1.54, 1.807) is 0 Å². The summed E-state index contributed by atoms with van der Waals surface area (Å²) in [6.45, 7) is 0.884. The lowest BCUT2D eigenvalue weighted by Crippen LogP contribution is -2.42. The predicted molar refractivity (Wildman–Crippen MR) is 68.3 cm³/mol. The van der Waals surface area contributed by atoms with Crippen LogP contribution >= 0.6 is 11.6 Å². The first-order chi connectivity index (χ1) is 8.31. The minimum Gasteiger partial charge on any atom is -0.338 e. The number of amides is 1. The molecule has 1 fully saturated rings. The molecule has 1 heterocycles. The number of alkyl halides is 1. The predicted octanol–water partition coefficient (Wildman–Crippen LogP) is 2.56. The fourth-order valence-corrected chi connectivity index (χ4v) is 3.29. The van der Waals surface area contributed by atoms with Crippen molar-refractivity contribution < 1.29 is 4.79 Å². The van der Waals surface area contributed by atoms with Crippen LogP contribution in [0.2, 0.25) is 0 Å². The summed E-state index contributed by atoms with van der Waals surface area (Å²) in [5.41, 5.74) is 2.55. The third-order valence-corrected chi connectivity index (χ3v) is 4.35. The molecule has 2 atom stereocenters. The third kappa shape index (κ3) is 1.75. The molecule has 2 nitrogen and oxygen atoms in total. The van der Waals surface area contributed by atoms with Crippen LogP contribution in [0.3, 0.4) is 0 Å². The van der Waals surface area contributed by atoms with Gasteiger partial charge in [0.2, 0.25) is 5.91 Å². The number of rotatable bonds is 2. The van der Waals surface area contributed by atoms with Crippen LogP contribution < -0.4 is 0 Å². The molecule has 2 unspecified atom stereocenters. The van der Waals surface area contributed by atoms with Gasteiger partial charge in [-0.3, -0.25) is 4.79 Å². The standard InChI is InChI=1S/C14H16ClNO/c15-9-11-5-3-7-16(11)14(17)13-8-10-4-1-2-6-12(10)13/h1-2,4,6,11,13H,3,5,7-9H2. The van der Waals surface area contributed by atoms with Gasteiger partial charge in [-0.15, -0.1) is 11.6 Å². The van der Waals surface area contributed by atoms with Crippen LogP contribution in [0.5, 0.6) is 0 Å². The Morgan fingerprint density at radius 1 is 1.41 bits per heavy atom. The van der Waals surface area contributed by atoms with Crippen LogP contribution in [0.25, 0.3) is 0 Å². The van der Waals surface area contributed by atoms with Gasteiger partial charge in [0.1, 0.15) is 0 Å². The first-order valence-corrected chi connectivity index (χ1v) is 6.79. The van der Waals surface area contributed by atoms with E-state index in [2.05, 4.69) is 12.1 Å². The van der Waals surface area contributed by atoms with E-state index in [1.165, 1.54) is 11.1 Å². The van der Waals surface area contributed by atoms with E-state index in [0.29, 0.717) is 5.88 Å². The Balaban J connectivity index is 1.77. The second kappa shape index (κ2) is 4.34. The van der Waals surface area contributed by atoms with Crippen LogP contribution in [0.15, 0.2) is 24.3 Å². The van der Waals surface area contributed by atoms with Crippen molar-refractivity contribution in [3.63, 3.8) is 0 Å². The summed E-state index contributed by atoms with van der Waals surface area (Å²) in [5, 5.41) is 0. The second-order valence-electron chi connectivity index (χ2n) is 4.94. The van der Waals surface area contributed by atoms with E-state index in [4.69, 9.17) is 11.6 Å². The second-order valence-corrected chi connectivity index (χ2v) is 5.25. The number of benzene rings is 1. The van der Waals surface area contributed by atoms with Crippen LogP contribution in [0.1, 0.15) is 29.9 Å². The number of halogens is 1. The molecule has 1 saturated heterocycles. The van der Waals surface area contributed by atoms with Gasteiger partial charge >= 0.3 is 0 Å². The molecule has 1 aliphatic carbocycles. The van der Waals surface area contributed by atoms with Crippen molar-refractivity contribution in [3.8, 4) is 0 Å². The molecule has 3 heteroatoms. The highest BCUT2D eigenvalue weighted by Gasteiger charge is 2.38. The van der Waals surface area contributed by atoms with Crippen molar-refractivity contribution in [3.05, 3.63) is 35.4 Å². The van der Waals surface area contributed by atoms with Gasteiger partial charge < -0.3 is 4.90 Å². The van der Waals surface area contributed by atoms with Crippen molar-refractivity contribution in [2.75, 3.05) is 12.4 Å². The largest absolute Gasteiger partial charge is 0.338 e. The summed E-state index contributed by atoms with van der Waals surface area (Å²) >= 11 is 5.92. The number of likely N-dealkylation sites (tertiary alicyclic amines) is 1. The first-order valence-electron chi connectivity index (χ1n) is 6.25. The highest BCUT2D eigenvalue weighted by Crippen LogP contribution is 2.37. The normalized spacial score (nSPS) is 26.5. The molecule has 0 N–H and O–H groups in total. The highest BCUT2D eigenvalue weighted by atomic mass is 35.5. The number of nitrogens with zero attached hydrogens (tertiary/aromatic N) is 1. The smallest absolute Gasteiger partial charge is 0.230 e. The van der Waals surface area contributed by atoms with E-state index < -0.39 is 0 Å². The average Bonchev–Trinajstić information content (AvgIpc) is 2.78. The minimum atomic E-state index is 0.0926. The Labute approximate surface area is 107 Å². The quantitative estimate of drug-likeness (QED) is 0.738. The van der Waals surface area contributed by atoms with Gasteiger partial charge in [-0.05, 0) is 30.4 Å². The molecular weight excluding hydrogens is 234 g/mol. The van der Waals surface area contributed by atoms with Crippen LogP contribution in [0.4, 0.5) is 0 Å². The summed E-state index contributed by atoms with van der Waals surface area (Å²) in [5.74, 6) is 0.946. The maximum atomic E-state index is 12.4. The first kappa shape index (κ1) is 11.1. The number of hydrogen-bond donors (Lipinski definition) is 0. The summed E-state index contributed by atoms with van der Waals surface area (Å²) in [6.07, 6.45) is 3.06. The molecule has 17 heavy (non-hydrogen) atoms. The highest BCUT2D eigenvalue weighted by molar-refractivity contribution is 6.18. The SMILES string of the molecule is O=C(C1Cc2ccccc21)N1CCCC1CCl. The summed E-state index contributed by atoms with van der Waals surface area (Å²) in [4.78, 5) is 14.4. The molecule has 1 aliphatic heterocycles. The Kier molecular flexibility index (Phi) is 2.83. The summed E-state index contributed by atoms with van der Waals surface area (Å²) in [7, 11) is 0. The Morgan fingerprint density at radius 2 is 2.24 bits per heavy atom. The number of carbonyl (C=O) groups excluding carboxylic acids is 1. The monoisotopic (exact) mass is 249 g/mol. The molecule has 1 aromatic carbocycles. The zero-order valence-corrected chi connectivity index (χ0v) is 10.5. The zero-order valence-electron chi connectivity index (χ0n) is 9.73. The van der Waals surface area contributed by atoms with Gasteiger partial charge in [-0.25, -0.2) is 0 Å². The molecule has 90 valence electrons. The van der Waals surface area contributed by atoms with Gasteiger partial charge in [0.25, 0.3) is 0 Å². The maximum absolute atomic E-state index is 12.4. The minimum absolute atomic E-state index is 0.0926.